The molecule has 3 N–H and O–H groups in total. The maximum absolute atomic E-state index is 12.0. The van der Waals surface area contributed by atoms with E-state index in [1.807, 2.05) is 6.92 Å². The van der Waals surface area contributed by atoms with E-state index in [1.54, 1.807) is 0 Å². The summed E-state index contributed by atoms with van der Waals surface area (Å²) in [6.45, 7) is 7.16. The standard InChI is InChI=1S/C13H25N3OS/c1-3-6-11(12(14)18)13(17)15-9-10(2)16-7-4-5-8-16/h10-11H,3-9H2,1-2H3,(H2,14,18)(H,15,17). The van der Waals surface area contributed by atoms with E-state index in [4.69, 9.17) is 18.0 Å². The lowest BCUT2D eigenvalue weighted by molar-refractivity contribution is -0.123. The molecule has 1 aliphatic heterocycles. The van der Waals surface area contributed by atoms with Crippen molar-refractivity contribution < 1.29 is 4.79 Å². The first-order valence-corrected chi connectivity index (χ1v) is 7.28. The van der Waals surface area contributed by atoms with Gasteiger partial charge in [0.15, 0.2) is 0 Å². The van der Waals surface area contributed by atoms with E-state index in [0.29, 0.717) is 17.6 Å². The summed E-state index contributed by atoms with van der Waals surface area (Å²) in [5, 5.41) is 2.98. The average Bonchev–Trinajstić information content (AvgIpc) is 2.85. The minimum absolute atomic E-state index is 0.0182. The SMILES string of the molecule is CCCC(C(=O)NCC(C)N1CCCC1)C(N)=S. The van der Waals surface area contributed by atoms with Gasteiger partial charge in [0.05, 0.1) is 10.9 Å². The molecule has 0 aromatic heterocycles. The molecule has 5 heteroatoms. The van der Waals surface area contributed by atoms with Crippen molar-refractivity contribution in [2.24, 2.45) is 11.7 Å². The molecule has 0 saturated carbocycles. The van der Waals surface area contributed by atoms with Gasteiger partial charge in [-0.15, -0.1) is 0 Å². The van der Waals surface area contributed by atoms with Gasteiger partial charge in [-0.25, -0.2) is 0 Å². The van der Waals surface area contributed by atoms with Gasteiger partial charge in [-0.2, -0.15) is 0 Å². The third-order valence-corrected chi connectivity index (χ3v) is 3.86. The molecule has 1 fully saturated rings. The summed E-state index contributed by atoms with van der Waals surface area (Å²) in [5.74, 6) is -0.328. The van der Waals surface area contributed by atoms with Crippen molar-refractivity contribution in [3.05, 3.63) is 0 Å². The van der Waals surface area contributed by atoms with E-state index in [0.717, 1.165) is 25.9 Å². The lowest BCUT2D eigenvalue weighted by Gasteiger charge is -2.25. The van der Waals surface area contributed by atoms with Gasteiger partial charge in [-0.1, -0.05) is 25.6 Å². The molecule has 2 atom stereocenters. The van der Waals surface area contributed by atoms with Crippen LogP contribution >= 0.6 is 12.2 Å². The number of amides is 1. The first-order chi connectivity index (χ1) is 8.56. The molecule has 1 rings (SSSR count). The highest BCUT2D eigenvalue weighted by Gasteiger charge is 2.22. The summed E-state index contributed by atoms with van der Waals surface area (Å²) in [4.78, 5) is 14.7. The van der Waals surface area contributed by atoms with E-state index in [9.17, 15) is 4.79 Å². The highest BCUT2D eigenvalue weighted by Crippen LogP contribution is 2.11. The molecule has 0 radical (unpaired) electrons. The Labute approximate surface area is 115 Å². The molecule has 0 bridgehead atoms. The number of rotatable bonds is 7. The Morgan fingerprint density at radius 3 is 2.56 bits per heavy atom. The van der Waals surface area contributed by atoms with Crippen molar-refractivity contribution in [3.8, 4) is 0 Å². The predicted molar refractivity (Wildman–Crippen MR) is 78.5 cm³/mol. The lowest BCUT2D eigenvalue weighted by Crippen LogP contribution is -2.44. The highest BCUT2D eigenvalue weighted by molar-refractivity contribution is 7.80. The zero-order valence-electron chi connectivity index (χ0n) is 11.4. The molecule has 1 heterocycles. The van der Waals surface area contributed by atoms with Crippen LogP contribution < -0.4 is 11.1 Å². The Bertz CT molecular complexity index is 290. The van der Waals surface area contributed by atoms with Gasteiger partial charge in [0.25, 0.3) is 0 Å². The van der Waals surface area contributed by atoms with Gasteiger partial charge in [0.2, 0.25) is 5.91 Å². The smallest absolute Gasteiger partial charge is 0.229 e. The van der Waals surface area contributed by atoms with E-state index < -0.39 is 0 Å². The first kappa shape index (κ1) is 15.4. The molecule has 2 unspecified atom stereocenters. The van der Waals surface area contributed by atoms with Crippen LogP contribution in [-0.4, -0.2) is 41.5 Å². The summed E-state index contributed by atoms with van der Waals surface area (Å²) >= 11 is 4.95. The third-order valence-electron chi connectivity index (χ3n) is 3.57. The van der Waals surface area contributed by atoms with Crippen molar-refractivity contribution in [2.45, 2.75) is 45.6 Å². The molecule has 0 aromatic carbocycles. The Kier molecular flexibility index (Phi) is 6.57. The molecular formula is C13H25N3OS. The van der Waals surface area contributed by atoms with Gasteiger partial charge in [-0.3, -0.25) is 9.69 Å². The first-order valence-electron chi connectivity index (χ1n) is 6.87. The quantitative estimate of drug-likeness (QED) is 0.685. The number of nitrogens with zero attached hydrogens (tertiary/aromatic N) is 1. The number of hydrogen-bond acceptors (Lipinski definition) is 3. The zero-order valence-corrected chi connectivity index (χ0v) is 12.3. The maximum Gasteiger partial charge on any atom is 0.229 e. The van der Waals surface area contributed by atoms with E-state index in [1.165, 1.54) is 12.8 Å². The van der Waals surface area contributed by atoms with Crippen molar-refractivity contribution in [2.75, 3.05) is 19.6 Å². The minimum atomic E-state index is -0.309. The molecule has 1 aliphatic rings. The van der Waals surface area contributed by atoms with E-state index >= 15 is 0 Å². The maximum atomic E-state index is 12.0. The van der Waals surface area contributed by atoms with Crippen LogP contribution in [0, 0.1) is 5.92 Å². The molecule has 1 saturated heterocycles. The molecule has 1 amide bonds. The van der Waals surface area contributed by atoms with Crippen molar-refractivity contribution in [1.29, 1.82) is 0 Å². The molecule has 104 valence electrons. The second kappa shape index (κ2) is 7.69. The average molecular weight is 271 g/mol. The molecular weight excluding hydrogens is 246 g/mol. The van der Waals surface area contributed by atoms with Gasteiger partial charge in [0.1, 0.15) is 0 Å². The highest BCUT2D eigenvalue weighted by atomic mass is 32.1. The Morgan fingerprint density at radius 2 is 2.06 bits per heavy atom. The fourth-order valence-corrected chi connectivity index (χ4v) is 2.60. The van der Waals surface area contributed by atoms with E-state index in [-0.39, 0.29) is 11.8 Å². The Balaban J connectivity index is 2.36. The van der Waals surface area contributed by atoms with Crippen LogP contribution in [0.25, 0.3) is 0 Å². The third kappa shape index (κ3) is 4.53. The van der Waals surface area contributed by atoms with Crippen LogP contribution in [0.3, 0.4) is 0 Å². The van der Waals surface area contributed by atoms with Crippen LogP contribution in [0.1, 0.15) is 39.5 Å². The summed E-state index contributed by atoms with van der Waals surface area (Å²) in [7, 11) is 0. The Morgan fingerprint density at radius 1 is 1.44 bits per heavy atom. The van der Waals surface area contributed by atoms with Crippen molar-refractivity contribution in [3.63, 3.8) is 0 Å². The monoisotopic (exact) mass is 271 g/mol. The van der Waals surface area contributed by atoms with Crippen LogP contribution in [0.15, 0.2) is 0 Å². The van der Waals surface area contributed by atoms with Crippen LogP contribution in [0.5, 0.6) is 0 Å². The number of carbonyl (C=O) groups excluding carboxylic acids is 1. The van der Waals surface area contributed by atoms with Crippen LogP contribution in [0.2, 0.25) is 0 Å². The number of likely N-dealkylation sites (tertiary alicyclic amines) is 1. The Hall–Kier alpha value is -0.680. The largest absolute Gasteiger partial charge is 0.393 e. The van der Waals surface area contributed by atoms with Crippen LogP contribution in [0.4, 0.5) is 0 Å². The number of nitrogens with one attached hydrogen (secondary N) is 1. The van der Waals surface area contributed by atoms with Crippen molar-refractivity contribution in [1.82, 2.24) is 10.2 Å². The van der Waals surface area contributed by atoms with E-state index in [2.05, 4.69) is 17.1 Å². The summed E-state index contributed by atoms with van der Waals surface area (Å²) < 4.78 is 0. The second-order valence-corrected chi connectivity index (χ2v) is 5.55. The number of thiocarbonyl (C=S) groups is 1. The topological polar surface area (TPSA) is 58.4 Å². The fraction of sp³-hybridized carbons (Fsp3) is 0.846. The molecule has 0 aromatic rings. The molecule has 18 heavy (non-hydrogen) atoms. The normalized spacial score (nSPS) is 19.4. The summed E-state index contributed by atoms with van der Waals surface area (Å²) in [6, 6.07) is 0.394. The van der Waals surface area contributed by atoms with Gasteiger partial charge < -0.3 is 11.1 Å². The fourth-order valence-electron chi connectivity index (χ4n) is 2.37. The number of nitrogens with two attached hydrogens (primary N) is 1. The minimum Gasteiger partial charge on any atom is -0.393 e. The summed E-state index contributed by atoms with van der Waals surface area (Å²) in [5.41, 5.74) is 5.61. The number of hydrogen-bond donors (Lipinski definition) is 2. The second-order valence-electron chi connectivity index (χ2n) is 5.08. The van der Waals surface area contributed by atoms with Gasteiger partial charge >= 0.3 is 0 Å². The number of carbonyl (C=O) groups is 1. The van der Waals surface area contributed by atoms with Crippen molar-refractivity contribution >= 4 is 23.1 Å². The zero-order chi connectivity index (χ0) is 13.5. The summed E-state index contributed by atoms with van der Waals surface area (Å²) in [6.07, 6.45) is 4.18. The predicted octanol–water partition coefficient (Wildman–Crippen LogP) is 1.29. The lowest BCUT2D eigenvalue weighted by atomic mass is 10.0. The molecule has 0 aliphatic carbocycles. The molecule has 4 nitrogen and oxygen atoms in total. The van der Waals surface area contributed by atoms with Gasteiger partial charge in [0, 0.05) is 12.6 Å². The molecule has 0 spiro atoms. The van der Waals surface area contributed by atoms with Crippen LogP contribution in [-0.2, 0) is 4.79 Å². The van der Waals surface area contributed by atoms with Gasteiger partial charge in [-0.05, 0) is 39.3 Å².